The number of carbonyl (C=O) groups excluding carboxylic acids is 2. The zero-order valence-electron chi connectivity index (χ0n) is 22.9. The molecular weight excluding hydrogens is 514 g/mol. The van der Waals surface area contributed by atoms with Crippen molar-refractivity contribution in [2.24, 2.45) is 5.92 Å². The van der Waals surface area contributed by atoms with Crippen LogP contribution < -0.4 is 10.2 Å². The number of amides is 2. The monoisotopic (exact) mass is 549 g/mol. The van der Waals surface area contributed by atoms with Crippen LogP contribution in [-0.2, 0) is 32.6 Å². The maximum atomic E-state index is 13.8. The lowest BCUT2D eigenvalue weighted by atomic mass is 9.98. The van der Waals surface area contributed by atoms with E-state index in [1.165, 1.54) is 8.99 Å². The molecule has 0 saturated carbocycles. The molecule has 0 spiro atoms. The van der Waals surface area contributed by atoms with Gasteiger partial charge in [-0.05, 0) is 75.8 Å². The Balaban J connectivity index is 1.32. The summed E-state index contributed by atoms with van der Waals surface area (Å²) >= 11 is 0. The molecule has 9 nitrogen and oxygen atoms in total. The van der Waals surface area contributed by atoms with Gasteiger partial charge in [0.05, 0.1) is 17.3 Å². The van der Waals surface area contributed by atoms with Crippen LogP contribution in [0.3, 0.4) is 0 Å². The summed E-state index contributed by atoms with van der Waals surface area (Å²) in [5.74, 6) is -0.763. The van der Waals surface area contributed by atoms with Crippen LogP contribution in [0.5, 0.6) is 0 Å². The van der Waals surface area contributed by atoms with Crippen molar-refractivity contribution in [2.45, 2.75) is 58.4 Å². The first-order chi connectivity index (χ1) is 18.6. The smallest absolute Gasteiger partial charge is 0.248 e. The molecule has 2 aliphatic rings. The van der Waals surface area contributed by atoms with Gasteiger partial charge in [-0.1, -0.05) is 30.3 Å². The highest BCUT2D eigenvalue weighted by Crippen LogP contribution is 2.30. The van der Waals surface area contributed by atoms with Crippen molar-refractivity contribution in [1.82, 2.24) is 14.1 Å². The number of nitrogens with one attached hydrogen (secondary N) is 1. The van der Waals surface area contributed by atoms with Crippen molar-refractivity contribution >= 4 is 33.2 Å². The van der Waals surface area contributed by atoms with E-state index < -0.39 is 15.9 Å². The first kappa shape index (κ1) is 27.1. The molecule has 10 heteroatoms. The Hall–Kier alpha value is -3.50. The minimum atomic E-state index is -3.92. The quantitative estimate of drug-likeness (QED) is 0.504. The van der Waals surface area contributed by atoms with Crippen molar-refractivity contribution in [3.8, 4) is 0 Å². The minimum Gasteiger partial charge on any atom is -0.326 e. The minimum absolute atomic E-state index is 0.0442. The van der Waals surface area contributed by atoms with Crippen LogP contribution in [0.1, 0.15) is 40.9 Å². The van der Waals surface area contributed by atoms with E-state index >= 15 is 0 Å². The lowest BCUT2D eigenvalue weighted by molar-refractivity contribution is -0.121. The molecule has 1 fully saturated rings. The summed E-state index contributed by atoms with van der Waals surface area (Å²) in [5.41, 5.74) is 5.63. The predicted molar refractivity (Wildman–Crippen MR) is 150 cm³/mol. The first-order valence-corrected chi connectivity index (χ1v) is 14.8. The van der Waals surface area contributed by atoms with E-state index in [9.17, 15) is 18.0 Å². The number of anilines is 2. The topological polar surface area (TPSA) is 105 Å². The van der Waals surface area contributed by atoms with Crippen molar-refractivity contribution in [3.63, 3.8) is 0 Å². The summed E-state index contributed by atoms with van der Waals surface area (Å²) in [4.78, 5) is 28.2. The second-order valence-electron chi connectivity index (χ2n) is 10.5. The average molecular weight is 550 g/mol. The number of hydrogen-bond acceptors (Lipinski definition) is 5. The molecule has 0 bridgehead atoms. The van der Waals surface area contributed by atoms with Gasteiger partial charge in [0.25, 0.3) is 0 Å². The van der Waals surface area contributed by atoms with E-state index in [0.29, 0.717) is 37.3 Å². The van der Waals surface area contributed by atoms with Crippen LogP contribution in [0.2, 0.25) is 0 Å². The predicted octanol–water partition coefficient (Wildman–Crippen LogP) is 3.75. The maximum Gasteiger partial charge on any atom is 0.248 e. The Bertz CT molecular complexity index is 1540. The molecule has 2 aromatic carbocycles. The zero-order chi connectivity index (χ0) is 27.9. The molecule has 1 unspecified atom stereocenters. The van der Waals surface area contributed by atoms with Gasteiger partial charge in [-0.3, -0.25) is 14.3 Å². The number of carbonyl (C=O) groups is 2. The molecule has 1 aromatic heterocycles. The van der Waals surface area contributed by atoms with Crippen LogP contribution in [0.15, 0.2) is 47.4 Å². The number of aryl methyl sites for hydroxylation is 2. The normalized spacial score (nSPS) is 17.7. The highest BCUT2D eigenvalue weighted by molar-refractivity contribution is 7.89. The van der Waals surface area contributed by atoms with Crippen LogP contribution in [-0.4, -0.2) is 54.0 Å². The number of nitrogens with zero attached hydrogens (tertiary/aromatic N) is 4. The van der Waals surface area contributed by atoms with E-state index in [-0.39, 0.29) is 29.8 Å². The van der Waals surface area contributed by atoms with Crippen molar-refractivity contribution < 1.29 is 18.0 Å². The number of aromatic nitrogens is 2. The average Bonchev–Trinajstić information content (AvgIpc) is 3.47. The molecule has 39 heavy (non-hydrogen) atoms. The van der Waals surface area contributed by atoms with E-state index in [4.69, 9.17) is 0 Å². The molecule has 3 heterocycles. The largest absolute Gasteiger partial charge is 0.326 e. The van der Waals surface area contributed by atoms with Crippen LogP contribution in [0.4, 0.5) is 11.4 Å². The van der Waals surface area contributed by atoms with Gasteiger partial charge in [-0.25, -0.2) is 8.42 Å². The fourth-order valence-corrected chi connectivity index (χ4v) is 7.54. The molecule has 0 aliphatic carbocycles. The summed E-state index contributed by atoms with van der Waals surface area (Å²) in [6.45, 7) is 8.28. The Kier molecular flexibility index (Phi) is 7.35. The SMILES string of the molecule is Cc1cccc(NC(=O)C2CCCN(S(=O)(=O)c3c(C)nn(CC(=O)N4CCc5ccccc54)c3C)C2)c1C. The van der Waals surface area contributed by atoms with E-state index in [2.05, 4.69) is 10.4 Å². The maximum absolute atomic E-state index is 13.8. The summed E-state index contributed by atoms with van der Waals surface area (Å²) in [7, 11) is -3.92. The van der Waals surface area contributed by atoms with Gasteiger partial charge in [0.15, 0.2) is 0 Å². The highest BCUT2D eigenvalue weighted by atomic mass is 32.2. The van der Waals surface area contributed by atoms with Gasteiger partial charge < -0.3 is 10.2 Å². The van der Waals surface area contributed by atoms with Gasteiger partial charge >= 0.3 is 0 Å². The molecule has 2 amide bonds. The molecular formula is C29H35N5O4S. The molecule has 1 saturated heterocycles. The van der Waals surface area contributed by atoms with E-state index in [1.807, 2.05) is 56.3 Å². The summed E-state index contributed by atoms with van der Waals surface area (Å²) in [5, 5.41) is 7.45. The van der Waals surface area contributed by atoms with E-state index in [1.54, 1.807) is 18.7 Å². The van der Waals surface area contributed by atoms with Crippen molar-refractivity contribution in [1.29, 1.82) is 0 Å². The Morgan fingerprint density at radius 1 is 1.03 bits per heavy atom. The third kappa shape index (κ3) is 5.10. The van der Waals surface area contributed by atoms with Gasteiger partial charge in [0.1, 0.15) is 11.4 Å². The number of rotatable bonds is 6. The fraction of sp³-hybridized carbons (Fsp3) is 0.414. The van der Waals surface area contributed by atoms with Gasteiger partial charge in [-0.15, -0.1) is 0 Å². The third-order valence-corrected chi connectivity index (χ3v) is 10.1. The number of para-hydroxylation sites is 1. The zero-order valence-corrected chi connectivity index (χ0v) is 23.7. The Morgan fingerprint density at radius 3 is 2.59 bits per heavy atom. The molecule has 3 aromatic rings. The summed E-state index contributed by atoms with van der Waals surface area (Å²) in [6, 6.07) is 13.6. The molecule has 0 radical (unpaired) electrons. The lowest BCUT2D eigenvalue weighted by Crippen LogP contribution is -2.44. The summed E-state index contributed by atoms with van der Waals surface area (Å²) in [6.07, 6.45) is 2.00. The molecule has 1 N–H and O–H groups in total. The first-order valence-electron chi connectivity index (χ1n) is 13.4. The molecule has 5 rings (SSSR count). The third-order valence-electron chi connectivity index (χ3n) is 8.00. The van der Waals surface area contributed by atoms with Crippen molar-refractivity contribution in [3.05, 3.63) is 70.5 Å². The van der Waals surface area contributed by atoms with E-state index in [0.717, 1.165) is 34.5 Å². The van der Waals surface area contributed by atoms with Crippen LogP contribution in [0.25, 0.3) is 0 Å². The second kappa shape index (κ2) is 10.6. The van der Waals surface area contributed by atoms with Crippen molar-refractivity contribution in [2.75, 3.05) is 29.9 Å². The fourth-order valence-electron chi connectivity index (χ4n) is 5.64. The standard InChI is InChI=1S/C29H35N5O4S/c1-19-9-7-12-25(20(19)2)30-29(36)24-11-8-15-32(17-24)39(37,38)28-21(3)31-34(22(28)4)18-27(35)33-16-14-23-10-5-6-13-26(23)33/h5-7,9-10,12-13,24H,8,11,14-18H2,1-4H3,(H,30,36). The Labute approximate surface area is 229 Å². The second-order valence-corrected chi connectivity index (χ2v) is 12.4. The number of piperidine rings is 1. The van der Waals surface area contributed by atoms with Crippen LogP contribution in [0, 0.1) is 33.6 Å². The number of sulfonamides is 1. The summed E-state index contributed by atoms with van der Waals surface area (Å²) < 4.78 is 30.5. The molecule has 1 atom stereocenters. The highest BCUT2D eigenvalue weighted by Gasteiger charge is 2.37. The van der Waals surface area contributed by atoms with Gasteiger partial charge in [0.2, 0.25) is 21.8 Å². The number of benzene rings is 2. The number of fused-ring (bicyclic) bond motifs is 1. The lowest BCUT2D eigenvalue weighted by Gasteiger charge is -2.31. The Morgan fingerprint density at radius 2 is 1.79 bits per heavy atom. The van der Waals surface area contributed by atoms with Gasteiger partial charge in [-0.2, -0.15) is 9.40 Å². The van der Waals surface area contributed by atoms with Gasteiger partial charge in [0, 0.05) is 31.0 Å². The van der Waals surface area contributed by atoms with Crippen LogP contribution >= 0.6 is 0 Å². The molecule has 2 aliphatic heterocycles. The molecule has 206 valence electrons. The number of hydrogen-bond donors (Lipinski definition) is 1.